The van der Waals surface area contributed by atoms with E-state index in [4.69, 9.17) is 9.47 Å². The number of aromatic nitrogens is 2. The largest absolute Gasteiger partial charge is 0.504 e. The third kappa shape index (κ3) is 4.25. The zero-order valence-corrected chi connectivity index (χ0v) is 16.0. The molecule has 0 aliphatic rings. The van der Waals surface area contributed by atoms with Gasteiger partial charge in [-0.2, -0.15) is 5.10 Å². The van der Waals surface area contributed by atoms with E-state index in [-0.39, 0.29) is 30.1 Å². The normalized spacial score (nSPS) is 11.7. The number of para-hydroxylation sites is 2. The van der Waals surface area contributed by atoms with Crippen molar-refractivity contribution < 1.29 is 19.4 Å². The van der Waals surface area contributed by atoms with Gasteiger partial charge in [-0.1, -0.05) is 12.1 Å². The highest BCUT2D eigenvalue weighted by Crippen LogP contribution is 2.24. The Labute approximate surface area is 163 Å². The fourth-order valence-electron chi connectivity index (χ4n) is 2.91. The maximum Gasteiger partial charge on any atom is 0.258 e. The molecule has 0 saturated heterocycles. The molecule has 0 saturated carbocycles. The molecule has 1 heterocycles. The number of nitrogens with one attached hydrogen (secondary N) is 1. The number of phenolic OH excluding ortho intramolecular Hbond substituents is 1. The maximum atomic E-state index is 12.2. The zero-order valence-electron chi connectivity index (χ0n) is 16.0. The Hall–Kier alpha value is -3.48. The van der Waals surface area contributed by atoms with Crippen molar-refractivity contribution in [3.05, 3.63) is 66.0 Å². The number of benzene rings is 2. The highest BCUT2D eigenvalue weighted by atomic mass is 16.5. The average molecular weight is 381 g/mol. The highest BCUT2D eigenvalue weighted by molar-refractivity contribution is 5.78. The summed E-state index contributed by atoms with van der Waals surface area (Å²) in [6.45, 7) is 3.65. The van der Waals surface area contributed by atoms with Crippen LogP contribution in [0.5, 0.6) is 17.2 Å². The molecule has 3 aromatic rings. The van der Waals surface area contributed by atoms with Crippen molar-refractivity contribution in [2.45, 2.75) is 19.9 Å². The van der Waals surface area contributed by atoms with Gasteiger partial charge in [0.2, 0.25) is 0 Å². The van der Waals surface area contributed by atoms with E-state index >= 15 is 0 Å². The van der Waals surface area contributed by atoms with Crippen molar-refractivity contribution in [1.82, 2.24) is 15.1 Å². The van der Waals surface area contributed by atoms with Crippen LogP contribution >= 0.6 is 0 Å². The van der Waals surface area contributed by atoms with Gasteiger partial charge in [0, 0.05) is 11.3 Å². The minimum Gasteiger partial charge on any atom is -0.504 e. The second kappa shape index (κ2) is 8.47. The zero-order chi connectivity index (χ0) is 20.1. The van der Waals surface area contributed by atoms with Crippen molar-refractivity contribution in [3.8, 4) is 22.9 Å². The second-order valence-electron chi connectivity index (χ2n) is 6.34. The van der Waals surface area contributed by atoms with E-state index in [2.05, 4.69) is 10.4 Å². The van der Waals surface area contributed by atoms with E-state index in [9.17, 15) is 9.90 Å². The lowest BCUT2D eigenvalue weighted by Crippen LogP contribution is -2.31. The minimum atomic E-state index is -0.285. The van der Waals surface area contributed by atoms with Crippen LogP contribution in [-0.4, -0.2) is 34.5 Å². The summed E-state index contributed by atoms with van der Waals surface area (Å²) in [7, 11) is 1.62. The van der Waals surface area contributed by atoms with Gasteiger partial charge >= 0.3 is 0 Å². The summed E-state index contributed by atoms with van der Waals surface area (Å²) in [5, 5.41) is 17.0. The smallest absolute Gasteiger partial charge is 0.258 e. The summed E-state index contributed by atoms with van der Waals surface area (Å²) in [6, 6.07) is 13.9. The van der Waals surface area contributed by atoms with Gasteiger partial charge in [0.05, 0.1) is 25.0 Å². The molecule has 0 bridgehead atoms. The van der Waals surface area contributed by atoms with Crippen LogP contribution in [-0.2, 0) is 4.79 Å². The van der Waals surface area contributed by atoms with Gasteiger partial charge in [-0.15, -0.1) is 0 Å². The summed E-state index contributed by atoms with van der Waals surface area (Å²) in [5.41, 5.74) is 2.75. The summed E-state index contributed by atoms with van der Waals surface area (Å²) >= 11 is 0. The predicted molar refractivity (Wildman–Crippen MR) is 105 cm³/mol. The van der Waals surface area contributed by atoms with Crippen LogP contribution in [0.25, 0.3) is 5.69 Å². The minimum absolute atomic E-state index is 0.0000362. The highest BCUT2D eigenvalue weighted by Gasteiger charge is 2.17. The number of hydrogen-bond donors (Lipinski definition) is 2. The number of nitrogens with zero attached hydrogens (tertiary/aromatic N) is 2. The van der Waals surface area contributed by atoms with Gasteiger partial charge in [0.1, 0.15) is 5.75 Å². The molecule has 1 aromatic heterocycles. The maximum absolute atomic E-state index is 12.2. The molecule has 7 heteroatoms. The van der Waals surface area contributed by atoms with Crippen LogP contribution in [0.1, 0.15) is 24.2 Å². The monoisotopic (exact) mass is 381 g/mol. The molecule has 0 spiro atoms. The fraction of sp³-hybridized carbons (Fsp3) is 0.238. The van der Waals surface area contributed by atoms with Gasteiger partial charge in [-0.25, -0.2) is 4.68 Å². The van der Waals surface area contributed by atoms with Crippen molar-refractivity contribution in [1.29, 1.82) is 0 Å². The van der Waals surface area contributed by atoms with Gasteiger partial charge < -0.3 is 19.9 Å². The van der Waals surface area contributed by atoms with Crippen LogP contribution in [0, 0.1) is 6.92 Å². The topological polar surface area (TPSA) is 85.6 Å². The van der Waals surface area contributed by atoms with Crippen LogP contribution in [0.2, 0.25) is 0 Å². The second-order valence-corrected chi connectivity index (χ2v) is 6.34. The molecule has 1 amide bonds. The Balaban J connectivity index is 1.64. The number of carbonyl (C=O) groups excluding carboxylic acids is 1. The first kappa shape index (κ1) is 19.3. The first-order chi connectivity index (χ1) is 13.5. The molecule has 7 nitrogen and oxygen atoms in total. The van der Waals surface area contributed by atoms with Gasteiger partial charge in [-0.3, -0.25) is 4.79 Å². The van der Waals surface area contributed by atoms with Crippen molar-refractivity contribution in [2.24, 2.45) is 0 Å². The number of aromatic hydroxyl groups is 1. The average Bonchev–Trinajstić information content (AvgIpc) is 3.09. The summed E-state index contributed by atoms with van der Waals surface area (Å²) < 4.78 is 12.4. The number of methoxy groups -OCH3 is 1. The standard InChI is InChI=1S/C21H23N3O4/c1-14(23-21(26)13-28-20-7-5-4-6-19(20)25)18-12-22-24(15(18)2)16-8-10-17(27-3)11-9-16/h4-12,14,25H,13H2,1-3H3,(H,23,26). The van der Waals surface area contributed by atoms with E-state index in [1.54, 1.807) is 31.5 Å². The van der Waals surface area contributed by atoms with E-state index in [0.717, 1.165) is 22.7 Å². The molecule has 146 valence electrons. The number of carbonyl (C=O) groups is 1. The van der Waals surface area contributed by atoms with E-state index in [1.165, 1.54) is 6.07 Å². The SMILES string of the molecule is COc1ccc(-n2ncc(C(C)NC(=O)COc3ccccc3O)c2C)cc1. The Morgan fingerprint density at radius 2 is 1.93 bits per heavy atom. The Kier molecular flexibility index (Phi) is 5.84. The van der Waals surface area contributed by atoms with Crippen LogP contribution in [0.15, 0.2) is 54.7 Å². The van der Waals surface area contributed by atoms with E-state index in [1.807, 2.05) is 42.8 Å². The molecule has 1 atom stereocenters. The number of hydrogen-bond acceptors (Lipinski definition) is 5. The molecule has 2 N–H and O–H groups in total. The van der Waals surface area contributed by atoms with Crippen molar-refractivity contribution >= 4 is 5.91 Å². The number of amides is 1. The van der Waals surface area contributed by atoms with Crippen molar-refractivity contribution in [3.63, 3.8) is 0 Å². The lowest BCUT2D eigenvalue weighted by Gasteiger charge is -2.15. The van der Waals surface area contributed by atoms with Crippen LogP contribution in [0.4, 0.5) is 0 Å². The van der Waals surface area contributed by atoms with Gasteiger partial charge in [-0.05, 0) is 50.2 Å². The van der Waals surface area contributed by atoms with E-state index < -0.39 is 0 Å². The summed E-state index contributed by atoms with van der Waals surface area (Å²) in [5.74, 6) is 0.764. The molecule has 0 aliphatic carbocycles. The third-order valence-electron chi connectivity index (χ3n) is 4.43. The van der Waals surface area contributed by atoms with Gasteiger partial charge in [0.15, 0.2) is 18.1 Å². The van der Waals surface area contributed by atoms with E-state index in [0.29, 0.717) is 0 Å². The lowest BCUT2D eigenvalue weighted by molar-refractivity contribution is -0.123. The summed E-state index contributed by atoms with van der Waals surface area (Å²) in [4.78, 5) is 12.2. The molecule has 0 fully saturated rings. The fourth-order valence-corrected chi connectivity index (χ4v) is 2.91. The Morgan fingerprint density at radius 3 is 2.61 bits per heavy atom. The molecule has 0 radical (unpaired) electrons. The van der Waals surface area contributed by atoms with Crippen molar-refractivity contribution in [2.75, 3.05) is 13.7 Å². The van der Waals surface area contributed by atoms with Crippen LogP contribution < -0.4 is 14.8 Å². The Bertz CT molecular complexity index is 951. The number of phenols is 1. The predicted octanol–water partition coefficient (Wildman–Crippen LogP) is 3.15. The molecule has 3 rings (SSSR count). The first-order valence-electron chi connectivity index (χ1n) is 8.88. The summed E-state index contributed by atoms with van der Waals surface area (Å²) in [6.07, 6.45) is 1.74. The molecule has 1 unspecified atom stereocenters. The molecule has 0 aliphatic heterocycles. The Morgan fingerprint density at radius 1 is 1.21 bits per heavy atom. The quantitative estimate of drug-likeness (QED) is 0.657. The third-order valence-corrected chi connectivity index (χ3v) is 4.43. The number of rotatable bonds is 7. The molecular formula is C21H23N3O4. The van der Waals surface area contributed by atoms with Crippen LogP contribution in [0.3, 0.4) is 0 Å². The first-order valence-corrected chi connectivity index (χ1v) is 8.88. The molecular weight excluding hydrogens is 358 g/mol. The number of ether oxygens (including phenoxy) is 2. The lowest BCUT2D eigenvalue weighted by atomic mass is 10.1. The van der Waals surface area contributed by atoms with Gasteiger partial charge in [0.25, 0.3) is 5.91 Å². The molecule has 2 aromatic carbocycles. The molecule has 28 heavy (non-hydrogen) atoms.